The third kappa shape index (κ3) is 7.50. The van der Waals surface area contributed by atoms with E-state index in [1.54, 1.807) is 6.92 Å². The Labute approximate surface area is 105 Å². The van der Waals surface area contributed by atoms with Crippen molar-refractivity contribution in [1.29, 1.82) is 0 Å². The molecule has 0 aromatic carbocycles. The van der Waals surface area contributed by atoms with Gasteiger partial charge in [0.1, 0.15) is 5.54 Å². The molecule has 3 N–H and O–H groups in total. The first-order chi connectivity index (χ1) is 8.08. The summed E-state index contributed by atoms with van der Waals surface area (Å²) >= 11 is 0. The van der Waals surface area contributed by atoms with Gasteiger partial charge in [0.15, 0.2) is 0 Å². The quantitative estimate of drug-likeness (QED) is 0.706. The minimum absolute atomic E-state index is 0.153. The molecule has 0 radical (unpaired) electrons. The van der Waals surface area contributed by atoms with Crippen LogP contribution in [0.25, 0.3) is 0 Å². The van der Waals surface area contributed by atoms with E-state index in [9.17, 15) is 18.0 Å². The number of aliphatic carboxylic acids is 1. The Morgan fingerprint density at radius 1 is 1.33 bits per heavy atom. The largest absolute Gasteiger partial charge is 0.480 e. The zero-order valence-corrected chi connectivity index (χ0v) is 10.8. The molecule has 0 aliphatic rings. The molecule has 7 heteroatoms. The molecule has 0 heterocycles. The Balaban J connectivity index is 4.16. The van der Waals surface area contributed by atoms with Crippen molar-refractivity contribution >= 4 is 5.97 Å². The summed E-state index contributed by atoms with van der Waals surface area (Å²) in [5.74, 6) is -1.14. The fraction of sp³-hybridized carbons (Fsp3) is 0.909. The Morgan fingerprint density at radius 3 is 2.28 bits per heavy atom. The lowest BCUT2D eigenvalue weighted by atomic mass is 9.97. The summed E-state index contributed by atoms with van der Waals surface area (Å²) in [5, 5.41) is 8.78. The second kappa shape index (κ2) is 6.94. The number of hydrogen-bond donors (Lipinski definition) is 2. The summed E-state index contributed by atoms with van der Waals surface area (Å²) in [6.07, 6.45) is -3.13. The highest BCUT2D eigenvalue weighted by atomic mass is 19.4. The molecule has 0 aliphatic heterocycles. The first-order valence-electron chi connectivity index (χ1n) is 5.90. The second-order valence-electron chi connectivity index (χ2n) is 4.72. The summed E-state index contributed by atoms with van der Waals surface area (Å²) in [5.41, 5.74) is 4.13. The van der Waals surface area contributed by atoms with Crippen molar-refractivity contribution in [2.24, 2.45) is 5.73 Å². The fourth-order valence-corrected chi connectivity index (χ4v) is 1.62. The van der Waals surface area contributed by atoms with E-state index in [0.29, 0.717) is 19.4 Å². The van der Waals surface area contributed by atoms with Crippen LogP contribution in [-0.4, -0.2) is 47.3 Å². The van der Waals surface area contributed by atoms with Gasteiger partial charge in [-0.1, -0.05) is 6.92 Å². The lowest BCUT2D eigenvalue weighted by molar-refractivity contribution is -0.147. The number of halogens is 3. The first kappa shape index (κ1) is 17.2. The van der Waals surface area contributed by atoms with Gasteiger partial charge in [-0.2, -0.15) is 13.2 Å². The van der Waals surface area contributed by atoms with E-state index in [1.165, 1.54) is 11.8 Å². The zero-order chi connectivity index (χ0) is 14.4. The molecule has 1 atom stereocenters. The van der Waals surface area contributed by atoms with Gasteiger partial charge in [-0.25, -0.2) is 0 Å². The Morgan fingerprint density at radius 2 is 1.89 bits per heavy atom. The van der Waals surface area contributed by atoms with Crippen LogP contribution in [0.2, 0.25) is 0 Å². The van der Waals surface area contributed by atoms with Gasteiger partial charge in [0.2, 0.25) is 0 Å². The maximum Gasteiger partial charge on any atom is 0.401 e. The minimum atomic E-state index is -4.23. The molecule has 1 unspecified atom stereocenters. The summed E-state index contributed by atoms with van der Waals surface area (Å²) in [4.78, 5) is 12.0. The molecule has 0 saturated carbocycles. The summed E-state index contributed by atoms with van der Waals surface area (Å²) in [7, 11) is 0. The minimum Gasteiger partial charge on any atom is -0.480 e. The van der Waals surface area contributed by atoms with E-state index in [0.717, 1.165) is 0 Å². The molecule has 0 amide bonds. The van der Waals surface area contributed by atoms with Crippen LogP contribution < -0.4 is 5.73 Å². The van der Waals surface area contributed by atoms with Crippen LogP contribution in [0.4, 0.5) is 13.2 Å². The molecule has 0 fully saturated rings. The number of hydrogen-bond acceptors (Lipinski definition) is 3. The maximum absolute atomic E-state index is 12.3. The van der Waals surface area contributed by atoms with E-state index < -0.39 is 24.2 Å². The van der Waals surface area contributed by atoms with Gasteiger partial charge < -0.3 is 10.8 Å². The topological polar surface area (TPSA) is 66.6 Å². The average molecular weight is 270 g/mol. The normalized spacial score (nSPS) is 15.7. The smallest absolute Gasteiger partial charge is 0.401 e. The van der Waals surface area contributed by atoms with Crippen LogP contribution in [-0.2, 0) is 4.79 Å². The summed E-state index contributed by atoms with van der Waals surface area (Å²) in [6, 6.07) is 0. The van der Waals surface area contributed by atoms with Crippen molar-refractivity contribution in [3.05, 3.63) is 0 Å². The number of nitrogens with two attached hydrogens (primary N) is 1. The predicted octanol–water partition coefficient (Wildman–Crippen LogP) is 1.84. The van der Waals surface area contributed by atoms with Crippen LogP contribution in [0.5, 0.6) is 0 Å². The Kier molecular flexibility index (Phi) is 6.62. The van der Waals surface area contributed by atoms with E-state index in [-0.39, 0.29) is 13.0 Å². The average Bonchev–Trinajstić information content (AvgIpc) is 2.14. The third-order valence-electron chi connectivity index (χ3n) is 2.60. The van der Waals surface area contributed by atoms with Crippen LogP contribution in [0.15, 0.2) is 0 Å². The first-order valence-corrected chi connectivity index (χ1v) is 5.90. The highest BCUT2D eigenvalue weighted by molar-refractivity contribution is 5.77. The van der Waals surface area contributed by atoms with Crippen LogP contribution >= 0.6 is 0 Å². The molecule has 108 valence electrons. The highest BCUT2D eigenvalue weighted by Gasteiger charge is 2.31. The fourth-order valence-electron chi connectivity index (χ4n) is 1.62. The van der Waals surface area contributed by atoms with Crippen molar-refractivity contribution in [3.63, 3.8) is 0 Å². The predicted molar refractivity (Wildman–Crippen MR) is 62.2 cm³/mol. The molecule has 0 rings (SSSR count). The van der Waals surface area contributed by atoms with Gasteiger partial charge >= 0.3 is 12.1 Å². The number of rotatable bonds is 8. The van der Waals surface area contributed by atoms with Crippen molar-refractivity contribution in [2.75, 3.05) is 19.6 Å². The molecule has 0 bridgehead atoms. The highest BCUT2D eigenvalue weighted by Crippen LogP contribution is 2.18. The van der Waals surface area contributed by atoms with E-state index in [2.05, 4.69) is 0 Å². The molecule has 0 aromatic heterocycles. The van der Waals surface area contributed by atoms with Crippen LogP contribution in [0, 0.1) is 0 Å². The van der Waals surface area contributed by atoms with Crippen LogP contribution in [0.1, 0.15) is 33.1 Å². The third-order valence-corrected chi connectivity index (χ3v) is 2.60. The molecular weight excluding hydrogens is 249 g/mol. The second-order valence-corrected chi connectivity index (χ2v) is 4.72. The lowest BCUT2D eigenvalue weighted by Gasteiger charge is -2.25. The van der Waals surface area contributed by atoms with Gasteiger partial charge in [0, 0.05) is 0 Å². The summed E-state index contributed by atoms with van der Waals surface area (Å²) in [6.45, 7) is 2.74. The molecule has 0 aliphatic carbocycles. The van der Waals surface area contributed by atoms with Gasteiger partial charge in [-0.3, -0.25) is 9.69 Å². The molecule has 4 nitrogen and oxygen atoms in total. The standard InChI is InChI=1S/C11H21F3N2O2/c1-3-6-16(8-11(12,13)14)7-4-5-10(2,15)9(17)18/h3-8,15H2,1-2H3,(H,17,18). The summed E-state index contributed by atoms with van der Waals surface area (Å²) < 4.78 is 36.8. The van der Waals surface area contributed by atoms with Crippen LogP contribution in [0.3, 0.4) is 0 Å². The zero-order valence-electron chi connectivity index (χ0n) is 10.8. The van der Waals surface area contributed by atoms with Crippen molar-refractivity contribution in [1.82, 2.24) is 4.90 Å². The lowest BCUT2D eigenvalue weighted by Crippen LogP contribution is -2.45. The molecule has 18 heavy (non-hydrogen) atoms. The van der Waals surface area contributed by atoms with Gasteiger partial charge in [0.05, 0.1) is 6.54 Å². The molecule has 0 saturated heterocycles. The monoisotopic (exact) mass is 270 g/mol. The number of carboxylic acids is 1. The van der Waals surface area contributed by atoms with Gasteiger partial charge in [-0.05, 0) is 39.3 Å². The SMILES string of the molecule is CCCN(CCCC(C)(N)C(=O)O)CC(F)(F)F. The van der Waals surface area contributed by atoms with Crippen molar-refractivity contribution in [2.45, 2.75) is 44.8 Å². The Bertz CT molecular complexity index is 268. The van der Waals surface area contributed by atoms with E-state index in [4.69, 9.17) is 10.8 Å². The van der Waals surface area contributed by atoms with Gasteiger partial charge in [0.25, 0.3) is 0 Å². The molecular formula is C11H21F3N2O2. The number of carboxylic acid groups (broad SMARTS) is 1. The van der Waals surface area contributed by atoms with Crippen molar-refractivity contribution in [3.8, 4) is 0 Å². The van der Waals surface area contributed by atoms with E-state index >= 15 is 0 Å². The number of nitrogens with zero attached hydrogens (tertiary/aromatic N) is 1. The van der Waals surface area contributed by atoms with E-state index in [1.807, 2.05) is 0 Å². The maximum atomic E-state index is 12.3. The molecule has 0 spiro atoms. The number of carbonyl (C=O) groups is 1. The molecule has 0 aromatic rings. The van der Waals surface area contributed by atoms with Gasteiger partial charge in [-0.15, -0.1) is 0 Å². The number of alkyl halides is 3. The van der Waals surface area contributed by atoms with Crippen molar-refractivity contribution < 1.29 is 23.1 Å². The Hall–Kier alpha value is -0.820.